The quantitative estimate of drug-likeness (QED) is 0.754. The van der Waals surface area contributed by atoms with Gasteiger partial charge in [0.1, 0.15) is 0 Å². The third-order valence-corrected chi connectivity index (χ3v) is 4.24. The predicted molar refractivity (Wildman–Crippen MR) is 77.3 cm³/mol. The first kappa shape index (κ1) is 18.3. The molecule has 1 rings (SSSR count). The molecule has 0 aliphatic rings. The van der Waals surface area contributed by atoms with Crippen molar-refractivity contribution in [1.29, 1.82) is 0 Å². The van der Waals surface area contributed by atoms with Crippen molar-refractivity contribution in [2.75, 3.05) is 4.90 Å². The molecule has 0 spiro atoms. The van der Waals surface area contributed by atoms with Crippen LogP contribution in [-0.4, -0.2) is 11.9 Å². The second-order valence-corrected chi connectivity index (χ2v) is 6.94. The zero-order valence-electron chi connectivity index (χ0n) is 13.3. The first-order valence-corrected chi connectivity index (χ1v) is 7.94. The van der Waals surface area contributed by atoms with Gasteiger partial charge in [0.05, 0.1) is 0 Å². The van der Waals surface area contributed by atoms with Gasteiger partial charge in [0, 0.05) is 0 Å². The Morgan fingerprint density at radius 2 is 1.90 bits per heavy atom. The Morgan fingerprint density at radius 1 is 1.33 bits per heavy atom. The van der Waals surface area contributed by atoms with E-state index >= 15 is 0 Å². The topological polar surface area (TPSA) is 20.3 Å². The van der Waals surface area contributed by atoms with E-state index < -0.39 is 17.0 Å². The molecule has 0 N–H and O–H groups in total. The zero-order chi connectivity index (χ0) is 16.4. The van der Waals surface area contributed by atoms with Crippen molar-refractivity contribution < 1.29 is 34.0 Å². The van der Waals surface area contributed by atoms with Crippen molar-refractivity contribution >= 4 is 15.5 Å². The molecule has 2 nitrogen and oxygen atoms in total. The van der Waals surface area contributed by atoms with E-state index in [4.69, 9.17) is 0 Å². The van der Waals surface area contributed by atoms with Crippen molar-refractivity contribution in [1.82, 2.24) is 0 Å². The summed E-state index contributed by atoms with van der Waals surface area (Å²) in [6.07, 6.45) is 1.59. The Labute approximate surface area is 137 Å². The molecule has 0 bridgehead atoms. The summed E-state index contributed by atoms with van der Waals surface area (Å²) < 4.78 is 27.8. The Morgan fingerprint density at radius 3 is 2.38 bits per heavy atom. The molecule has 0 fully saturated rings. The van der Waals surface area contributed by atoms with Crippen LogP contribution in [0.4, 0.5) is 14.5 Å². The van der Waals surface area contributed by atoms with Gasteiger partial charge in [-0.15, -0.1) is 0 Å². The molecule has 0 aliphatic carbocycles. The van der Waals surface area contributed by atoms with E-state index in [0.717, 1.165) is 12.8 Å². The standard InChI is InChI=1S/C16H22F2NO.Ti/c1-6-9-16(4,5)15(20)19(11(2)3)14-8-7-12(17)10-13(14)18;/h7-8,11H,6,9H2,1-5H3;. The number of hydrogen-bond acceptors (Lipinski definition) is 1. The molecule has 0 aliphatic heterocycles. The fourth-order valence-electron chi connectivity index (χ4n) is 2.41. The van der Waals surface area contributed by atoms with Crippen LogP contribution in [0.1, 0.15) is 47.5 Å². The summed E-state index contributed by atoms with van der Waals surface area (Å²) >= 11 is 1.38. The Kier molecular flexibility index (Phi) is 6.12. The summed E-state index contributed by atoms with van der Waals surface area (Å²) in [7, 11) is 0. The Bertz CT molecular complexity index is 529. The first-order chi connectivity index (χ1) is 9.63. The number of amides is 1. The summed E-state index contributed by atoms with van der Waals surface area (Å²) in [4.78, 5) is 14.3. The van der Waals surface area contributed by atoms with Crippen LogP contribution in [0.5, 0.6) is 0 Å². The summed E-state index contributed by atoms with van der Waals surface area (Å²) in [6.45, 7) is 9.40. The molecule has 115 valence electrons. The summed E-state index contributed by atoms with van der Waals surface area (Å²) in [5.41, 5.74) is -0.425. The van der Waals surface area contributed by atoms with E-state index in [-0.39, 0.29) is 21.5 Å². The number of rotatable bonds is 5. The van der Waals surface area contributed by atoms with E-state index in [1.165, 1.54) is 37.5 Å². The molecule has 1 amide bonds. The number of nitrogens with zero attached hydrogens (tertiary/aromatic N) is 1. The van der Waals surface area contributed by atoms with Crippen LogP contribution in [0.15, 0.2) is 12.1 Å². The number of carbonyl (C=O) groups is 1. The normalized spacial score (nSPS) is 11.8. The van der Waals surface area contributed by atoms with Crippen LogP contribution in [-0.2, 0) is 25.2 Å². The third-order valence-electron chi connectivity index (χ3n) is 3.52. The van der Waals surface area contributed by atoms with Gasteiger partial charge >= 0.3 is 137 Å². The molecule has 21 heavy (non-hydrogen) atoms. The number of hydrogen-bond donors (Lipinski definition) is 0. The van der Waals surface area contributed by atoms with Crippen molar-refractivity contribution in [2.45, 2.75) is 53.5 Å². The molecule has 1 aromatic carbocycles. The number of halogens is 2. The molecule has 0 saturated carbocycles. The van der Waals surface area contributed by atoms with Gasteiger partial charge in [0.25, 0.3) is 0 Å². The fourth-order valence-corrected chi connectivity index (χ4v) is 2.74. The van der Waals surface area contributed by atoms with Crippen LogP contribution in [0, 0.1) is 17.0 Å². The Balaban J connectivity index is 3.32. The third kappa shape index (κ3) is 3.92. The van der Waals surface area contributed by atoms with Crippen molar-refractivity contribution in [3.63, 3.8) is 0 Å². The van der Waals surface area contributed by atoms with Crippen molar-refractivity contribution in [3.8, 4) is 0 Å². The molecule has 0 aromatic heterocycles. The van der Waals surface area contributed by atoms with Crippen molar-refractivity contribution in [2.24, 2.45) is 5.41 Å². The Hall–Kier alpha value is -0.736. The number of carbonyl (C=O) groups excluding carboxylic acids is 1. The van der Waals surface area contributed by atoms with E-state index in [0.29, 0.717) is 0 Å². The number of benzene rings is 1. The van der Waals surface area contributed by atoms with Crippen LogP contribution in [0.25, 0.3) is 0 Å². The molecule has 0 radical (unpaired) electrons. The maximum atomic E-state index is 14.4. The molecular weight excluding hydrogens is 308 g/mol. The SMILES string of the molecule is CCCC(C)(C)C(=O)N(c1ccc(F)[c]([Ti])c1F)C(C)C. The average molecular weight is 330 g/mol. The van der Waals surface area contributed by atoms with Crippen LogP contribution < -0.4 is 8.77 Å². The van der Waals surface area contributed by atoms with Gasteiger partial charge in [-0.25, -0.2) is 0 Å². The van der Waals surface area contributed by atoms with Gasteiger partial charge in [-0.05, 0) is 0 Å². The van der Waals surface area contributed by atoms with Gasteiger partial charge in [0.15, 0.2) is 0 Å². The average Bonchev–Trinajstić information content (AvgIpc) is 2.38. The summed E-state index contributed by atoms with van der Waals surface area (Å²) in [5.74, 6) is -1.39. The first-order valence-electron chi connectivity index (χ1n) is 7.16. The fraction of sp³-hybridized carbons (Fsp3) is 0.562. The molecule has 0 atom stereocenters. The molecule has 0 unspecified atom stereocenters. The minimum atomic E-state index is -0.663. The van der Waals surface area contributed by atoms with Crippen LogP contribution in [0.3, 0.4) is 0 Å². The van der Waals surface area contributed by atoms with Crippen LogP contribution >= 0.6 is 0 Å². The zero-order valence-corrected chi connectivity index (χ0v) is 14.8. The molecule has 0 heterocycles. The molecule has 0 saturated heterocycles. The predicted octanol–water partition coefficient (Wildman–Crippen LogP) is 3.70. The number of anilines is 1. The second kappa shape index (κ2) is 7.02. The van der Waals surface area contributed by atoms with E-state index in [1.54, 1.807) is 0 Å². The summed E-state index contributed by atoms with van der Waals surface area (Å²) in [5, 5.41) is 0. The molecule has 5 heteroatoms. The second-order valence-electron chi connectivity index (χ2n) is 6.16. The van der Waals surface area contributed by atoms with Gasteiger partial charge in [-0.2, -0.15) is 0 Å². The van der Waals surface area contributed by atoms with Gasteiger partial charge in [-0.3, -0.25) is 0 Å². The molecule has 1 aromatic rings. The van der Waals surface area contributed by atoms with E-state index in [1.807, 2.05) is 34.6 Å². The van der Waals surface area contributed by atoms with Gasteiger partial charge < -0.3 is 0 Å². The van der Waals surface area contributed by atoms with E-state index in [9.17, 15) is 13.6 Å². The maximum absolute atomic E-state index is 14.4. The monoisotopic (exact) mass is 330 g/mol. The minimum absolute atomic E-state index is 0.0563. The van der Waals surface area contributed by atoms with E-state index in [2.05, 4.69) is 0 Å². The van der Waals surface area contributed by atoms with Gasteiger partial charge in [0.2, 0.25) is 0 Å². The van der Waals surface area contributed by atoms with Crippen LogP contribution in [0.2, 0.25) is 0 Å². The van der Waals surface area contributed by atoms with Gasteiger partial charge in [-0.1, -0.05) is 0 Å². The van der Waals surface area contributed by atoms with Crippen molar-refractivity contribution in [3.05, 3.63) is 23.8 Å². The molecular formula is C16H22F2NOTi. The summed E-state index contributed by atoms with van der Waals surface area (Å²) in [6, 6.07) is 2.36.